The Kier molecular flexibility index (Phi) is 10.5. The maximum Gasteiger partial charge on any atom is 0.408 e. The number of halogens is 1. The SMILES string of the molecule is C=C[C@@H]1C[C@]1(NC(=O)[C@@H]1C[C@@H](n2nnc(-c3ccc(OC)cc3)n2)CN1C(=O)[C@@H](NC(=O)OC1CCC1)C(C)(C)C)C(=O)NS(=O)(=O)c1cccc(F)c1. The van der Waals surface area contributed by atoms with Crippen LogP contribution in [0.25, 0.3) is 11.4 Å². The summed E-state index contributed by atoms with van der Waals surface area (Å²) in [4.78, 5) is 57.5. The minimum Gasteiger partial charge on any atom is -0.497 e. The largest absolute Gasteiger partial charge is 0.497 e. The van der Waals surface area contributed by atoms with E-state index in [0.717, 1.165) is 37.5 Å². The van der Waals surface area contributed by atoms with Gasteiger partial charge in [0.1, 0.15) is 35.3 Å². The highest BCUT2D eigenvalue weighted by atomic mass is 32.2. The smallest absolute Gasteiger partial charge is 0.408 e. The number of alkyl carbamates (subject to hydrolysis) is 1. The monoisotopic (exact) mass is 766 g/mol. The van der Waals surface area contributed by atoms with Gasteiger partial charge in [0.05, 0.1) is 18.0 Å². The molecule has 2 aliphatic carbocycles. The van der Waals surface area contributed by atoms with Crippen molar-refractivity contribution in [2.75, 3.05) is 13.7 Å². The fourth-order valence-corrected chi connectivity index (χ4v) is 7.63. The fourth-order valence-electron chi connectivity index (χ4n) is 6.56. The first-order valence-electron chi connectivity index (χ1n) is 17.5. The number of carbonyl (C=O) groups is 4. The van der Waals surface area contributed by atoms with Crippen molar-refractivity contribution in [3.05, 3.63) is 67.0 Å². The first-order valence-corrected chi connectivity index (χ1v) is 19.0. The normalized spacial score (nSPS) is 23.1. The first-order chi connectivity index (χ1) is 25.5. The van der Waals surface area contributed by atoms with E-state index < -0.39 is 79.5 Å². The molecule has 54 heavy (non-hydrogen) atoms. The van der Waals surface area contributed by atoms with Gasteiger partial charge in [0.15, 0.2) is 0 Å². The van der Waals surface area contributed by atoms with Crippen LogP contribution in [0.15, 0.2) is 66.1 Å². The molecule has 4 amide bonds. The van der Waals surface area contributed by atoms with Crippen LogP contribution in [-0.4, -0.2) is 94.7 Å². The summed E-state index contributed by atoms with van der Waals surface area (Å²) in [6, 6.07) is 8.12. The van der Waals surface area contributed by atoms with Crippen LogP contribution in [0, 0.1) is 17.2 Å². The summed E-state index contributed by atoms with van der Waals surface area (Å²) in [5.74, 6) is -2.94. The quantitative estimate of drug-likeness (QED) is 0.229. The average Bonchev–Trinajstić information content (AvgIpc) is 3.40. The minimum absolute atomic E-state index is 0.0165. The summed E-state index contributed by atoms with van der Waals surface area (Å²) < 4.78 is 52.7. The van der Waals surface area contributed by atoms with Crippen LogP contribution in [0.1, 0.15) is 58.9 Å². The third-order valence-corrected chi connectivity index (χ3v) is 11.4. The molecule has 5 atom stereocenters. The van der Waals surface area contributed by atoms with Crippen molar-refractivity contribution < 1.29 is 41.5 Å². The number of benzene rings is 2. The third kappa shape index (κ3) is 7.93. The molecule has 0 radical (unpaired) electrons. The maximum absolute atomic E-state index is 14.5. The molecule has 3 fully saturated rings. The summed E-state index contributed by atoms with van der Waals surface area (Å²) in [7, 11) is -2.98. The molecule has 288 valence electrons. The number of hydrogen-bond acceptors (Lipinski definition) is 11. The van der Waals surface area contributed by atoms with Gasteiger partial charge in [-0.3, -0.25) is 14.4 Å². The Balaban J connectivity index is 1.27. The Morgan fingerprint density at radius 3 is 2.43 bits per heavy atom. The van der Waals surface area contributed by atoms with Crippen LogP contribution >= 0.6 is 0 Å². The highest BCUT2D eigenvalue weighted by molar-refractivity contribution is 7.90. The topological polar surface area (TPSA) is 204 Å². The van der Waals surface area contributed by atoms with Gasteiger partial charge in [-0.25, -0.2) is 22.3 Å². The molecule has 1 aromatic heterocycles. The molecule has 2 saturated carbocycles. The molecule has 3 N–H and O–H groups in total. The second-order valence-corrected chi connectivity index (χ2v) is 16.5. The van der Waals surface area contributed by atoms with Gasteiger partial charge in [0.25, 0.3) is 15.9 Å². The van der Waals surface area contributed by atoms with E-state index in [-0.39, 0.29) is 25.5 Å². The number of sulfonamides is 1. The summed E-state index contributed by atoms with van der Waals surface area (Å²) in [5.41, 5.74) is -1.92. The molecule has 6 rings (SSSR count). The summed E-state index contributed by atoms with van der Waals surface area (Å²) in [5, 5.41) is 18.4. The van der Waals surface area contributed by atoms with Crippen LogP contribution in [0.3, 0.4) is 0 Å². The molecule has 3 aliphatic rings. The lowest BCUT2D eigenvalue weighted by molar-refractivity contribution is -0.142. The lowest BCUT2D eigenvalue weighted by Crippen LogP contribution is -2.60. The second kappa shape index (κ2) is 14.8. The molecule has 1 saturated heterocycles. The van der Waals surface area contributed by atoms with E-state index in [1.807, 2.05) is 4.72 Å². The van der Waals surface area contributed by atoms with E-state index in [2.05, 4.69) is 32.6 Å². The number of ether oxygens (including phenoxy) is 2. The lowest BCUT2D eigenvalue weighted by atomic mass is 9.85. The van der Waals surface area contributed by atoms with Crippen molar-refractivity contribution in [2.45, 2.75) is 87.5 Å². The Labute approximate surface area is 311 Å². The van der Waals surface area contributed by atoms with E-state index >= 15 is 0 Å². The number of carbonyl (C=O) groups excluding carboxylic acids is 4. The van der Waals surface area contributed by atoms with Gasteiger partial charge in [0, 0.05) is 24.4 Å². The number of amides is 4. The van der Waals surface area contributed by atoms with Gasteiger partial charge < -0.3 is 25.0 Å². The van der Waals surface area contributed by atoms with E-state index in [1.165, 1.54) is 21.8 Å². The van der Waals surface area contributed by atoms with Crippen molar-refractivity contribution in [1.82, 2.24) is 40.5 Å². The molecule has 0 spiro atoms. The number of rotatable bonds is 12. The number of nitrogens with zero attached hydrogens (tertiary/aromatic N) is 5. The zero-order chi connectivity index (χ0) is 39.0. The molecule has 2 aromatic carbocycles. The highest BCUT2D eigenvalue weighted by Gasteiger charge is 2.61. The molecule has 1 aliphatic heterocycles. The van der Waals surface area contributed by atoms with E-state index in [4.69, 9.17) is 9.47 Å². The third-order valence-electron chi connectivity index (χ3n) is 10.1. The van der Waals surface area contributed by atoms with Crippen LogP contribution in [0.4, 0.5) is 9.18 Å². The molecule has 0 bridgehead atoms. The number of methoxy groups -OCH3 is 1. The van der Waals surface area contributed by atoms with Crippen molar-refractivity contribution in [2.24, 2.45) is 11.3 Å². The standard InChI is InChI=1S/C36H43FN8O8S/c1-6-22-19-36(22,33(48)42-54(50,51)27-12-7-9-23(37)17-27)39-31(46)28-18-24(45-41-30(40-43-45)21-13-15-25(52-5)16-14-21)20-44(28)32(47)29(35(2,3)4)38-34(49)53-26-10-8-11-26/h6-7,9,12-17,22,24,26,28-29H,1,8,10-11,18-20H2,2-5H3,(H,38,49)(H,39,46)(H,42,48)/t22-,24-,28+,29-,36-/m1/s1. The minimum atomic E-state index is -4.53. The Hall–Kier alpha value is -5.39. The van der Waals surface area contributed by atoms with Crippen LogP contribution in [-0.2, 0) is 29.1 Å². The predicted molar refractivity (Wildman–Crippen MR) is 190 cm³/mol. The number of nitrogens with one attached hydrogen (secondary N) is 3. The molecular weight excluding hydrogens is 724 g/mol. The zero-order valence-electron chi connectivity index (χ0n) is 30.3. The number of likely N-dealkylation sites (tertiary alicyclic amines) is 1. The van der Waals surface area contributed by atoms with E-state index in [1.54, 1.807) is 52.1 Å². The summed E-state index contributed by atoms with van der Waals surface area (Å²) in [6.45, 7) is 8.95. The van der Waals surface area contributed by atoms with Crippen molar-refractivity contribution >= 4 is 33.8 Å². The average molecular weight is 767 g/mol. The fraction of sp³-hybridized carbons (Fsp3) is 0.472. The molecular formula is C36H43FN8O8S. The molecule has 3 aromatic rings. The summed E-state index contributed by atoms with van der Waals surface area (Å²) >= 11 is 0. The molecule has 2 heterocycles. The van der Waals surface area contributed by atoms with Crippen molar-refractivity contribution in [1.29, 1.82) is 0 Å². The van der Waals surface area contributed by atoms with Crippen LogP contribution in [0.2, 0.25) is 0 Å². The van der Waals surface area contributed by atoms with Gasteiger partial charge in [-0.1, -0.05) is 32.9 Å². The lowest BCUT2D eigenvalue weighted by Gasteiger charge is -2.36. The first kappa shape index (κ1) is 38.3. The van der Waals surface area contributed by atoms with Crippen LogP contribution < -0.4 is 20.1 Å². The van der Waals surface area contributed by atoms with Gasteiger partial charge in [-0.15, -0.1) is 16.8 Å². The predicted octanol–water partition coefficient (Wildman–Crippen LogP) is 2.89. The van der Waals surface area contributed by atoms with Crippen molar-refractivity contribution in [3.63, 3.8) is 0 Å². The van der Waals surface area contributed by atoms with Crippen LogP contribution in [0.5, 0.6) is 5.75 Å². The van der Waals surface area contributed by atoms with Crippen molar-refractivity contribution in [3.8, 4) is 17.1 Å². The maximum atomic E-state index is 14.5. The Bertz CT molecular complexity index is 2050. The highest BCUT2D eigenvalue weighted by Crippen LogP contribution is 2.45. The molecule has 18 heteroatoms. The van der Waals surface area contributed by atoms with E-state index in [9.17, 15) is 32.0 Å². The second-order valence-electron chi connectivity index (χ2n) is 14.9. The zero-order valence-corrected chi connectivity index (χ0v) is 31.1. The molecule has 0 unspecified atom stereocenters. The number of aromatic nitrogens is 4. The molecule has 16 nitrogen and oxygen atoms in total. The van der Waals surface area contributed by atoms with Gasteiger partial charge >= 0.3 is 6.09 Å². The summed E-state index contributed by atoms with van der Waals surface area (Å²) in [6.07, 6.45) is 2.82. The Morgan fingerprint density at radius 2 is 1.83 bits per heavy atom. The Morgan fingerprint density at radius 1 is 1.11 bits per heavy atom. The van der Waals surface area contributed by atoms with Gasteiger partial charge in [0.2, 0.25) is 17.6 Å². The van der Waals surface area contributed by atoms with E-state index in [0.29, 0.717) is 17.1 Å². The number of hydrogen-bond donors (Lipinski definition) is 3. The number of tetrazole rings is 1. The van der Waals surface area contributed by atoms with Gasteiger partial charge in [-0.05, 0) is 78.8 Å². The van der Waals surface area contributed by atoms with Gasteiger partial charge in [-0.2, -0.15) is 4.80 Å².